The fourth-order valence-corrected chi connectivity index (χ4v) is 2.39. The topological polar surface area (TPSA) is 51.8 Å². The van der Waals surface area contributed by atoms with Crippen molar-refractivity contribution in [2.75, 3.05) is 0 Å². The van der Waals surface area contributed by atoms with Crippen molar-refractivity contribution < 1.29 is 4.52 Å². The van der Waals surface area contributed by atoms with E-state index in [1.165, 1.54) is 6.42 Å². The molecule has 2 aromatic heterocycles. The lowest BCUT2D eigenvalue weighted by molar-refractivity contribution is 0.274. The van der Waals surface area contributed by atoms with Crippen molar-refractivity contribution in [1.29, 1.82) is 0 Å². The van der Waals surface area contributed by atoms with Gasteiger partial charge in [-0.2, -0.15) is 4.98 Å². The van der Waals surface area contributed by atoms with E-state index in [0.717, 1.165) is 35.8 Å². The zero-order valence-corrected chi connectivity index (χ0v) is 12.8. The van der Waals surface area contributed by atoms with Gasteiger partial charge in [0.25, 0.3) is 0 Å². The second-order valence-electron chi connectivity index (χ2n) is 6.18. The summed E-state index contributed by atoms with van der Waals surface area (Å²) in [6.07, 6.45) is 5.70. The number of hydrogen-bond donors (Lipinski definition) is 0. The van der Waals surface area contributed by atoms with Crippen LogP contribution in [0.15, 0.2) is 22.9 Å². The molecule has 2 aromatic rings. The van der Waals surface area contributed by atoms with Crippen LogP contribution in [0.3, 0.4) is 0 Å². The molecular formula is C16H23N3O. The van der Waals surface area contributed by atoms with Gasteiger partial charge in [0, 0.05) is 24.7 Å². The van der Waals surface area contributed by atoms with Gasteiger partial charge in [0.15, 0.2) is 5.82 Å². The molecule has 4 nitrogen and oxygen atoms in total. The van der Waals surface area contributed by atoms with Gasteiger partial charge in [-0.05, 0) is 30.4 Å². The molecule has 0 aromatic carbocycles. The normalized spacial score (nSPS) is 11.8. The molecule has 0 saturated heterocycles. The van der Waals surface area contributed by atoms with Gasteiger partial charge in [0.1, 0.15) is 0 Å². The van der Waals surface area contributed by atoms with Gasteiger partial charge in [-0.15, -0.1) is 0 Å². The van der Waals surface area contributed by atoms with E-state index in [1.54, 1.807) is 0 Å². The SMILES string of the molecule is CCCC(C)(C)Cc1nc(Cc2ccc(C)nc2)no1. The lowest BCUT2D eigenvalue weighted by atomic mass is 9.85. The minimum atomic E-state index is 0.212. The van der Waals surface area contributed by atoms with E-state index in [9.17, 15) is 0 Å². The first-order valence-electron chi connectivity index (χ1n) is 7.21. The predicted octanol–water partition coefficient (Wildman–Crippen LogP) is 3.73. The molecule has 0 saturated carbocycles. The highest BCUT2D eigenvalue weighted by atomic mass is 16.5. The average molecular weight is 273 g/mol. The first-order valence-corrected chi connectivity index (χ1v) is 7.21. The van der Waals surface area contributed by atoms with E-state index in [4.69, 9.17) is 4.52 Å². The van der Waals surface area contributed by atoms with Crippen molar-refractivity contribution in [3.8, 4) is 0 Å². The summed E-state index contributed by atoms with van der Waals surface area (Å²) in [4.78, 5) is 8.77. The molecule has 0 spiro atoms. The summed E-state index contributed by atoms with van der Waals surface area (Å²) < 4.78 is 5.36. The van der Waals surface area contributed by atoms with Crippen LogP contribution in [0.2, 0.25) is 0 Å². The quantitative estimate of drug-likeness (QED) is 0.804. The lowest BCUT2D eigenvalue weighted by Gasteiger charge is -2.21. The fraction of sp³-hybridized carbons (Fsp3) is 0.562. The van der Waals surface area contributed by atoms with Gasteiger partial charge < -0.3 is 4.52 Å². The summed E-state index contributed by atoms with van der Waals surface area (Å²) in [6, 6.07) is 4.06. The monoisotopic (exact) mass is 273 g/mol. The lowest BCUT2D eigenvalue weighted by Crippen LogP contribution is -2.14. The van der Waals surface area contributed by atoms with E-state index in [1.807, 2.05) is 19.2 Å². The molecule has 0 radical (unpaired) electrons. The standard InChI is InChI=1S/C16H23N3O/c1-5-8-16(3,4)10-15-18-14(19-20-15)9-13-7-6-12(2)17-11-13/h6-7,11H,5,8-10H2,1-4H3. The van der Waals surface area contributed by atoms with Crippen LogP contribution in [0.4, 0.5) is 0 Å². The van der Waals surface area contributed by atoms with E-state index in [-0.39, 0.29) is 5.41 Å². The minimum absolute atomic E-state index is 0.212. The number of aromatic nitrogens is 3. The van der Waals surface area contributed by atoms with Crippen LogP contribution in [0.5, 0.6) is 0 Å². The Bertz CT molecular complexity index is 543. The van der Waals surface area contributed by atoms with Crippen LogP contribution in [0.1, 0.15) is 56.6 Å². The highest BCUT2D eigenvalue weighted by molar-refractivity contribution is 5.16. The Morgan fingerprint density at radius 2 is 2.05 bits per heavy atom. The predicted molar refractivity (Wildman–Crippen MR) is 78.5 cm³/mol. The van der Waals surface area contributed by atoms with Gasteiger partial charge in [-0.3, -0.25) is 4.98 Å². The van der Waals surface area contributed by atoms with Gasteiger partial charge in [0.05, 0.1) is 0 Å². The van der Waals surface area contributed by atoms with Crippen molar-refractivity contribution >= 4 is 0 Å². The molecule has 0 N–H and O–H groups in total. The molecular weight excluding hydrogens is 250 g/mol. The molecule has 0 atom stereocenters. The number of hydrogen-bond acceptors (Lipinski definition) is 4. The van der Waals surface area contributed by atoms with Crippen molar-refractivity contribution in [2.24, 2.45) is 5.41 Å². The Kier molecular flexibility index (Phi) is 4.53. The zero-order chi connectivity index (χ0) is 14.6. The molecule has 0 bridgehead atoms. The first kappa shape index (κ1) is 14.7. The van der Waals surface area contributed by atoms with Crippen molar-refractivity contribution in [3.63, 3.8) is 0 Å². The van der Waals surface area contributed by atoms with Crippen molar-refractivity contribution in [2.45, 2.75) is 53.4 Å². The van der Waals surface area contributed by atoms with Gasteiger partial charge in [0.2, 0.25) is 5.89 Å². The highest BCUT2D eigenvalue weighted by Gasteiger charge is 2.21. The molecule has 0 fully saturated rings. The molecule has 2 heterocycles. The summed E-state index contributed by atoms with van der Waals surface area (Å²) in [6.45, 7) is 8.66. The Labute approximate surface area is 120 Å². The molecule has 2 rings (SSSR count). The third kappa shape index (κ3) is 4.15. The minimum Gasteiger partial charge on any atom is -0.339 e. The average Bonchev–Trinajstić information content (AvgIpc) is 2.78. The number of nitrogens with zero attached hydrogens (tertiary/aromatic N) is 3. The molecule has 0 amide bonds. The van der Waals surface area contributed by atoms with Crippen LogP contribution in [0, 0.1) is 12.3 Å². The highest BCUT2D eigenvalue weighted by Crippen LogP contribution is 2.26. The van der Waals surface area contributed by atoms with Crippen LogP contribution in [-0.4, -0.2) is 15.1 Å². The van der Waals surface area contributed by atoms with E-state index >= 15 is 0 Å². The Morgan fingerprint density at radius 1 is 1.25 bits per heavy atom. The molecule has 0 unspecified atom stereocenters. The maximum atomic E-state index is 5.36. The largest absolute Gasteiger partial charge is 0.339 e. The zero-order valence-electron chi connectivity index (χ0n) is 12.8. The van der Waals surface area contributed by atoms with Gasteiger partial charge in [-0.25, -0.2) is 0 Å². The number of aryl methyl sites for hydroxylation is 1. The first-order chi connectivity index (χ1) is 9.48. The molecule has 0 aliphatic carbocycles. The van der Waals surface area contributed by atoms with Crippen LogP contribution >= 0.6 is 0 Å². The molecule has 4 heteroatoms. The van der Waals surface area contributed by atoms with Gasteiger partial charge >= 0.3 is 0 Å². The molecule has 108 valence electrons. The maximum Gasteiger partial charge on any atom is 0.227 e. The van der Waals surface area contributed by atoms with Crippen LogP contribution < -0.4 is 0 Å². The third-order valence-corrected chi connectivity index (χ3v) is 3.40. The van der Waals surface area contributed by atoms with Crippen LogP contribution in [-0.2, 0) is 12.8 Å². The Balaban J connectivity index is 2.00. The summed E-state index contributed by atoms with van der Waals surface area (Å²) in [5.74, 6) is 1.47. The van der Waals surface area contributed by atoms with Gasteiger partial charge in [-0.1, -0.05) is 38.4 Å². The summed E-state index contributed by atoms with van der Waals surface area (Å²) in [5, 5.41) is 4.06. The molecule has 0 aliphatic heterocycles. The third-order valence-electron chi connectivity index (χ3n) is 3.40. The fourth-order valence-electron chi connectivity index (χ4n) is 2.39. The molecule has 0 aliphatic rings. The van der Waals surface area contributed by atoms with Crippen molar-refractivity contribution in [1.82, 2.24) is 15.1 Å². The second kappa shape index (κ2) is 6.16. The summed E-state index contributed by atoms with van der Waals surface area (Å²) in [7, 11) is 0. The number of rotatable bonds is 6. The second-order valence-corrected chi connectivity index (χ2v) is 6.18. The van der Waals surface area contributed by atoms with Crippen molar-refractivity contribution in [3.05, 3.63) is 41.3 Å². The van der Waals surface area contributed by atoms with E-state index in [2.05, 4.69) is 42.0 Å². The van der Waals surface area contributed by atoms with E-state index < -0.39 is 0 Å². The Morgan fingerprint density at radius 3 is 2.70 bits per heavy atom. The molecule has 20 heavy (non-hydrogen) atoms. The summed E-state index contributed by atoms with van der Waals surface area (Å²) in [5.41, 5.74) is 2.34. The number of pyridine rings is 1. The maximum absolute atomic E-state index is 5.36. The van der Waals surface area contributed by atoms with E-state index in [0.29, 0.717) is 6.42 Å². The summed E-state index contributed by atoms with van der Waals surface area (Å²) >= 11 is 0. The smallest absolute Gasteiger partial charge is 0.227 e. The Hall–Kier alpha value is -1.71. The van der Waals surface area contributed by atoms with Crippen LogP contribution in [0.25, 0.3) is 0 Å².